The van der Waals surface area contributed by atoms with Crippen molar-refractivity contribution in [2.75, 3.05) is 0 Å². The van der Waals surface area contributed by atoms with Crippen LogP contribution in [0.4, 0.5) is 4.79 Å². The average molecular weight is 607 g/mol. The Balaban J connectivity index is 1.53. The topological polar surface area (TPSA) is 114 Å². The maximum Gasteiger partial charge on any atom is 0.408 e. The molecule has 3 aromatic carbocycles. The minimum atomic E-state index is -1.27. The molecule has 0 aliphatic heterocycles. The van der Waals surface area contributed by atoms with E-state index in [1.807, 2.05) is 42.6 Å². The number of aromatic amines is 1. The number of hydrogen-bond acceptors (Lipinski definition) is 5. The number of nitrogens with one attached hydrogen (secondary N) is 3. The number of fused-ring (bicyclic) bond motifs is 1. The van der Waals surface area contributed by atoms with Gasteiger partial charge in [0.15, 0.2) is 5.82 Å². The summed E-state index contributed by atoms with van der Waals surface area (Å²) in [7, 11) is 0. The third-order valence-electron chi connectivity index (χ3n) is 7.62. The molecular formula is C36H42N6O3. The van der Waals surface area contributed by atoms with Crippen LogP contribution in [-0.2, 0) is 28.9 Å². The second-order valence-electron chi connectivity index (χ2n) is 13.1. The highest BCUT2D eigenvalue weighted by atomic mass is 16.6. The highest BCUT2D eigenvalue weighted by molar-refractivity contribution is 5.89. The van der Waals surface area contributed by atoms with Gasteiger partial charge in [0.25, 0.3) is 0 Å². The predicted octanol–water partition coefficient (Wildman–Crippen LogP) is 6.41. The molecule has 0 spiro atoms. The summed E-state index contributed by atoms with van der Waals surface area (Å²) < 4.78 is 7.54. The summed E-state index contributed by atoms with van der Waals surface area (Å²) in [6, 6.07) is 26.1. The Labute approximate surface area is 264 Å². The van der Waals surface area contributed by atoms with Crippen LogP contribution in [-0.4, -0.2) is 42.9 Å². The third-order valence-corrected chi connectivity index (χ3v) is 7.62. The van der Waals surface area contributed by atoms with Gasteiger partial charge in [-0.2, -0.15) is 0 Å². The van der Waals surface area contributed by atoms with Crippen LogP contribution in [0.25, 0.3) is 10.9 Å². The van der Waals surface area contributed by atoms with E-state index in [-0.39, 0.29) is 5.91 Å². The second-order valence-corrected chi connectivity index (χ2v) is 13.1. The first kappa shape index (κ1) is 31.5. The molecule has 3 N–H and O–H groups in total. The molecule has 5 aromatic rings. The molecule has 0 unspecified atom stereocenters. The van der Waals surface area contributed by atoms with E-state index in [9.17, 15) is 9.59 Å². The highest BCUT2D eigenvalue weighted by Crippen LogP contribution is 2.26. The van der Waals surface area contributed by atoms with Gasteiger partial charge < -0.3 is 24.9 Å². The number of aryl methyl sites for hydroxylation is 1. The van der Waals surface area contributed by atoms with E-state index in [0.717, 1.165) is 33.4 Å². The summed E-state index contributed by atoms with van der Waals surface area (Å²) in [5.41, 5.74) is 3.46. The van der Waals surface area contributed by atoms with Crippen LogP contribution < -0.4 is 10.6 Å². The van der Waals surface area contributed by atoms with Crippen molar-refractivity contribution in [3.8, 4) is 0 Å². The fourth-order valence-electron chi connectivity index (χ4n) is 5.25. The van der Waals surface area contributed by atoms with Crippen molar-refractivity contribution in [2.45, 2.75) is 78.1 Å². The fraction of sp³-hybridized carbons (Fsp3) is 0.333. The van der Waals surface area contributed by atoms with Crippen molar-refractivity contribution in [2.24, 2.45) is 0 Å². The lowest BCUT2D eigenvalue weighted by Crippen LogP contribution is -2.56. The van der Waals surface area contributed by atoms with Gasteiger partial charge in [-0.15, -0.1) is 10.2 Å². The molecule has 45 heavy (non-hydrogen) atoms. The van der Waals surface area contributed by atoms with Crippen LogP contribution in [0.15, 0.2) is 85.1 Å². The molecule has 0 aliphatic rings. The van der Waals surface area contributed by atoms with Crippen molar-refractivity contribution in [3.63, 3.8) is 0 Å². The van der Waals surface area contributed by atoms with Gasteiger partial charge in [0.2, 0.25) is 5.91 Å². The summed E-state index contributed by atoms with van der Waals surface area (Å²) in [6.45, 7) is 11.3. The maximum atomic E-state index is 13.9. The number of rotatable bonds is 10. The minimum Gasteiger partial charge on any atom is -0.444 e. The van der Waals surface area contributed by atoms with Gasteiger partial charge in [0, 0.05) is 29.9 Å². The van der Waals surface area contributed by atoms with Crippen molar-refractivity contribution in [3.05, 3.63) is 119 Å². The number of aromatic nitrogens is 4. The molecule has 2 aromatic heterocycles. The summed E-state index contributed by atoms with van der Waals surface area (Å²) in [4.78, 5) is 29.9. The van der Waals surface area contributed by atoms with Crippen LogP contribution in [0.1, 0.15) is 74.6 Å². The zero-order chi connectivity index (χ0) is 32.2. The molecule has 0 bridgehead atoms. The van der Waals surface area contributed by atoms with Crippen molar-refractivity contribution < 1.29 is 14.3 Å². The SMILES string of the molecule is Cc1ccc(Cn2c(Cc3ccccc3)nnc2[C@@H](Cc2c[nH]c3ccccc23)NC(=O)C(C)(C)NC(=O)OC(C)(C)C)cc1. The van der Waals surface area contributed by atoms with Crippen LogP contribution in [0.3, 0.4) is 0 Å². The predicted molar refractivity (Wildman–Crippen MR) is 176 cm³/mol. The number of carbonyl (C=O) groups is 2. The zero-order valence-electron chi connectivity index (χ0n) is 26.8. The summed E-state index contributed by atoms with van der Waals surface area (Å²) in [5, 5.41) is 16.4. The van der Waals surface area contributed by atoms with Gasteiger partial charge >= 0.3 is 6.09 Å². The standard InChI is InChI=1S/C36H42N6O3/c1-24-16-18-26(19-17-24)23-42-31(20-25-12-8-7-9-13-25)40-41-32(42)30(21-27-22-37-29-15-11-10-14-28(27)29)38-33(43)36(5,6)39-34(44)45-35(2,3)4/h7-19,22,30,37H,20-21,23H2,1-6H3,(H,38,43)(H,39,44)/t30-/m1/s1. The Morgan fingerprint density at radius 3 is 2.29 bits per heavy atom. The van der Waals surface area contributed by atoms with Gasteiger partial charge in [-0.1, -0.05) is 78.4 Å². The van der Waals surface area contributed by atoms with Crippen LogP contribution in [0, 0.1) is 6.92 Å². The van der Waals surface area contributed by atoms with E-state index < -0.39 is 23.3 Å². The lowest BCUT2D eigenvalue weighted by atomic mass is 10.0. The monoisotopic (exact) mass is 606 g/mol. The number of benzene rings is 3. The normalized spacial score (nSPS) is 12.6. The van der Waals surface area contributed by atoms with Crippen LogP contribution in [0.2, 0.25) is 0 Å². The number of hydrogen-bond donors (Lipinski definition) is 3. The number of para-hydroxylation sites is 1. The van der Waals surface area contributed by atoms with Crippen LogP contribution >= 0.6 is 0 Å². The number of ether oxygens (including phenoxy) is 1. The molecular weight excluding hydrogens is 564 g/mol. The highest BCUT2D eigenvalue weighted by Gasteiger charge is 2.35. The molecule has 2 amide bonds. The lowest BCUT2D eigenvalue weighted by molar-refractivity contribution is -0.127. The molecule has 5 rings (SSSR count). The minimum absolute atomic E-state index is 0.368. The number of carbonyl (C=O) groups excluding carboxylic acids is 2. The van der Waals surface area contributed by atoms with Gasteiger partial charge in [-0.05, 0) is 64.3 Å². The van der Waals surface area contributed by atoms with Gasteiger partial charge in [-0.25, -0.2) is 4.79 Å². The molecule has 9 heteroatoms. The Morgan fingerprint density at radius 2 is 1.58 bits per heavy atom. The largest absolute Gasteiger partial charge is 0.444 e. The number of amides is 2. The van der Waals surface area contributed by atoms with E-state index in [1.54, 1.807) is 34.6 Å². The number of H-pyrrole nitrogens is 1. The molecule has 234 valence electrons. The third kappa shape index (κ3) is 7.98. The zero-order valence-corrected chi connectivity index (χ0v) is 26.8. The second kappa shape index (κ2) is 13.0. The molecule has 0 aliphatic carbocycles. The van der Waals surface area contributed by atoms with Crippen molar-refractivity contribution >= 4 is 22.9 Å². The Hall–Kier alpha value is -4.92. The number of nitrogens with zero attached hydrogens (tertiary/aromatic N) is 3. The van der Waals surface area contributed by atoms with Gasteiger partial charge in [-0.3, -0.25) is 4.79 Å². The van der Waals surface area contributed by atoms with Crippen LogP contribution in [0.5, 0.6) is 0 Å². The molecule has 0 saturated carbocycles. The van der Waals surface area contributed by atoms with E-state index >= 15 is 0 Å². The molecule has 0 fully saturated rings. The molecule has 9 nitrogen and oxygen atoms in total. The lowest BCUT2D eigenvalue weighted by Gasteiger charge is -2.29. The van der Waals surface area contributed by atoms with E-state index in [2.05, 4.69) is 74.7 Å². The van der Waals surface area contributed by atoms with Crippen molar-refractivity contribution in [1.29, 1.82) is 0 Å². The summed E-state index contributed by atoms with van der Waals surface area (Å²) in [5.74, 6) is 1.06. The Bertz CT molecular complexity index is 1760. The van der Waals surface area contributed by atoms with E-state index in [4.69, 9.17) is 9.84 Å². The maximum absolute atomic E-state index is 13.9. The first-order chi connectivity index (χ1) is 21.4. The smallest absolute Gasteiger partial charge is 0.408 e. The quantitative estimate of drug-likeness (QED) is 0.170. The first-order valence-corrected chi connectivity index (χ1v) is 15.3. The van der Waals surface area contributed by atoms with E-state index in [1.165, 1.54) is 5.56 Å². The molecule has 0 radical (unpaired) electrons. The molecule has 1 atom stereocenters. The summed E-state index contributed by atoms with van der Waals surface area (Å²) in [6.07, 6.45) is 2.34. The Kier molecular flexibility index (Phi) is 9.09. The van der Waals surface area contributed by atoms with Gasteiger partial charge in [0.05, 0.1) is 12.6 Å². The van der Waals surface area contributed by atoms with Crippen molar-refractivity contribution in [1.82, 2.24) is 30.4 Å². The summed E-state index contributed by atoms with van der Waals surface area (Å²) >= 11 is 0. The fourth-order valence-corrected chi connectivity index (χ4v) is 5.25. The Morgan fingerprint density at radius 1 is 0.889 bits per heavy atom. The first-order valence-electron chi connectivity index (χ1n) is 15.3. The van der Waals surface area contributed by atoms with Gasteiger partial charge in [0.1, 0.15) is 17.0 Å². The molecule has 2 heterocycles. The average Bonchev–Trinajstić information content (AvgIpc) is 3.57. The number of alkyl carbamates (subject to hydrolysis) is 1. The van der Waals surface area contributed by atoms with E-state index in [0.29, 0.717) is 25.2 Å². The molecule has 0 saturated heterocycles.